The van der Waals surface area contributed by atoms with E-state index < -0.39 is 11.7 Å². The molecule has 2 rings (SSSR count). The van der Waals surface area contributed by atoms with E-state index in [0.29, 0.717) is 11.1 Å². The first-order chi connectivity index (χ1) is 11.5. The van der Waals surface area contributed by atoms with Gasteiger partial charge in [0.15, 0.2) is 0 Å². The van der Waals surface area contributed by atoms with Crippen LogP contribution < -0.4 is 5.32 Å². The average molecular weight is 332 g/mol. The van der Waals surface area contributed by atoms with Crippen molar-refractivity contribution in [3.63, 3.8) is 0 Å². The lowest BCUT2D eigenvalue weighted by Crippen LogP contribution is -2.39. The smallest absolute Gasteiger partial charge is 0.239 e. The zero-order valence-electron chi connectivity index (χ0n) is 13.3. The van der Waals surface area contributed by atoms with Crippen LogP contribution in [0.25, 0.3) is 0 Å². The number of halogens is 2. The Morgan fingerprint density at radius 2 is 1.71 bits per heavy atom. The molecule has 2 aromatic carbocycles. The minimum Gasteiger partial charge on any atom is -0.350 e. The molecule has 0 heterocycles. The van der Waals surface area contributed by atoms with Gasteiger partial charge in [-0.2, -0.15) is 0 Å². The molecule has 0 spiro atoms. The summed E-state index contributed by atoms with van der Waals surface area (Å²) < 4.78 is 26.4. The third kappa shape index (κ3) is 5.15. The first-order valence-corrected chi connectivity index (χ1v) is 7.46. The molecule has 6 heteroatoms. The molecule has 2 amide bonds. The first kappa shape index (κ1) is 17.6. The van der Waals surface area contributed by atoms with Crippen molar-refractivity contribution < 1.29 is 18.4 Å². The van der Waals surface area contributed by atoms with Crippen molar-refractivity contribution in [3.05, 3.63) is 71.3 Å². The number of hydrogen-bond donors (Lipinski definition) is 1. The lowest BCUT2D eigenvalue weighted by Gasteiger charge is -2.20. The van der Waals surface area contributed by atoms with Crippen LogP contribution >= 0.6 is 0 Å². The van der Waals surface area contributed by atoms with Crippen molar-refractivity contribution >= 4 is 11.8 Å². The van der Waals surface area contributed by atoms with Gasteiger partial charge in [-0.15, -0.1) is 0 Å². The number of rotatable bonds is 6. The Labute approximate surface area is 139 Å². The largest absolute Gasteiger partial charge is 0.350 e. The Morgan fingerprint density at radius 3 is 2.33 bits per heavy atom. The Hall–Kier alpha value is -2.76. The van der Waals surface area contributed by atoms with Gasteiger partial charge in [0.1, 0.15) is 11.6 Å². The lowest BCUT2D eigenvalue weighted by molar-refractivity contribution is -0.135. The fourth-order valence-electron chi connectivity index (χ4n) is 2.15. The highest BCUT2D eigenvalue weighted by atomic mass is 19.1. The molecule has 0 fully saturated rings. The van der Waals surface area contributed by atoms with Gasteiger partial charge >= 0.3 is 0 Å². The molecule has 0 aliphatic heterocycles. The summed E-state index contributed by atoms with van der Waals surface area (Å²) in [6.07, 6.45) is 0. The second-order valence-electron chi connectivity index (χ2n) is 5.37. The fourth-order valence-corrected chi connectivity index (χ4v) is 2.15. The van der Waals surface area contributed by atoms with E-state index in [2.05, 4.69) is 5.32 Å². The molecule has 1 N–H and O–H groups in total. The van der Waals surface area contributed by atoms with Crippen molar-refractivity contribution in [2.24, 2.45) is 0 Å². The Bertz CT molecular complexity index is 717. The predicted octanol–water partition coefficient (Wildman–Crippen LogP) is 2.63. The molecule has 0 radical (unpaired) electrons. The van der Waals surface area contributed by atoms with Crippen molar-refractivity contribution in [2.45, 2.75) is 20.0 Å². The lowest BCUT2D eigenvalue weighted by atomic mass is 10.2. The van der Waals surface area contributed by atoms with Gasteiger partial charge in [-0.3, -0.25) is 9.59 Å². The quantitative estimate of drug-likeness (QED) is 0.884. The second kappa shape index (κ2) is 8.19. The molecule has 0 aliphatic rings. The second-order valence-corrected chi connectivity index (χ2v) is 5.37. The van der Waals surface area contributed by atoms with Gasteiger partial charge in [0.2, 0.25) is 11.8 Å². The summed E-state index contributed by atoms with van der Waals surface area (Å²) >= 11 is 0. The van der Waals surface area contributed by atoms with E-state index in [4.69, 9.17) is 0 Å². The molecule has 2 aromatic rings. The zero-order valence-corrected chi connectivity index (χ0v) is 13.3. The first-order valence-electron chi connectivity index (χ1n) is 7.46. The van der Waals surface area contributed by atoms with Gasteiger partial charge in [0, 0.05) is 25.6 Å². The molecular weight excluding hydrogens is 314 g/mol. The van der Waals surface area contributed by atoms with E-state index in [1.807, 2.05) is 0 Å². The van der Waals surface area contributed by atoms with E-state index in [9.17, 15) is 18.4 Å². The zero-order chi connectivity index (χ0) is 17.5. The Balaban J connectivity index is 1.92. The molecule has 126 valence electrons. The SMILES string of the molecule is CC(=O)N(CC(=O)NCc1ccccc1F)Cc1ccc(F)cc1. The number of hydrogen-bond acceptors (Lipinski definition) is 2. The third-order valence-electron chi connectivity index (χ3n) is 3.50. The van der Waals surface area contributed by atoms with E-state index in [1.54, 1.807) is 30.3 Å². The molecule has 0 saturated heterocycles. The molecule has 0 unspecified atom stereocenters. The van der Waals surface area contributed by atoms with Crippen LogP contribution in [0.3, 0.4) is 0 Å². The fraction of sp³-hybridized carbons (Fsp3) is 0.222. The standard InChI is InChI=1S/C18H18F2N2O2/c1-13(23)22(11-14-6-8-16(19)9-7-14)12-18(24)21-10-15-4-2-3-5-17(15)20/h2-9H,10-12H2,1H3,(H,21,24). The number of carbonyl (C=O) groups excluding carboxylic acids is 2. The molecule has 24 heavy (non-hydrogen) atoms. The normalized spacial score (nSPS) is 10.3. The number of carbonyl (C=O) groups is 2. The molecule has 0 aliphatic carbocycles. The van der Waals surface area contributed by atoms with Crippen LogP contribution in [0.2, 0.25) is 0 Å². The Kier molecular flexibility index (Phi) is 6.01. The number of benzene rings is 2. The molecule has 0 aromatic heterocycles. The highest BCUT2D eigenvalue weighted by molar-refractivity contribution is 5.83. The van der Waals surface area contributed by atoms with E-state index in [0.717, 1.165) is 0 Å². The summed E-state index contributed by atoms with van der Waals surface area (Å²) in [4.78, 5) is 25.0. The van der Waals surface area contributed by atoms with Gasteiger partial charge in [-0.05, 0) is 23.8 Å². The van der Waals surface area contributed by atoms with Crippen LogP contribution in [0.15, 0.2) is 48.5 Å². The summed E-state index contributed by atoms with van der Waals surface area (Å²) in [6.45, 7) is 1.45. The number of nitrogens with one attached hydrogen (secondary N) is 1. The summed E-state index contributed by atoms with van der Waals surface area (Å²) in [5, 5.41) is 2.59. The minimum atomic E-state index is -0.396. The molecule has 0 saturated carbocycles. The van der Waals surface area contributed by atoms with Crippen LogP contribution in [0, 0.1) is 11.6 Å². The van der Waals surface area contributed by atoms with Gasteiger partial charge in [-0.25, -0.2) is 8.78 Å². The van der Waals surface area contributed by atoms with E-state index >= 15 is 0 Å². The maximum Gasteiger partial charge on any atom is 0.239 e. The summed E-state index contributed by atoms with van der Waals surface area (Å²) in [7, 11) is 0. The van der Waals surface area contributed by atoms with Crippen LogP contribution in [0.1, 0.15) is 18.1 Å². The summed E-state index contributed by atoms with van der Waals surface area (Å²) in [5.74, 6) is -1.43. The minimum absolute atomic E-state index is 0.0494. The molecular formula is C18H18F2N2O2. The summed E-state index contributed by atoms with van der Waals surface area (Å²) in [5.41, 5.74) is 1.09. The van der Waals surface area contributed by atoms with Gasteiger partial charge < -0.3 is 10.2 Å². The monoisotopic (exact) mass is 332 g/mol. The van der Waals surface area contributed by atoms with Crippen molar-refractivity contribution in [2.75, 3.05) is 6.54 Å². The maximum atomic E-state index is 13.5. The molecule has 0 bridgehead atoms. The molecule has 4 nitrogen and oxygen atoms in total. The number of nitrogens with zero attached hydrogens (tertiary/aromatic N) is 1. The van der Waals surface area contributed by atoms with Crippen LogP contribution in [0.5, 0.6) is 0 Å². The van der Waals surface area contributed by atoms with Gasteiger partial charge in [-0.1, -0.05) is 30.3 Å². The highest BCUT2D eigenvalue weighted by Gasteiger charge is 2.14. The Morgan fingerprint density at radius 1 is 1.04 bits per heavy atom. The van der Waals surface area contributed by atoms with Gasteiger partial charge in [0.05, 0.1) is 6.54 Å². The van der Waals surface area contributed by atoms with E-state index in [1.165, 1.54) is 30.0 Å². The number of amides is 2. The van der Waals surface area contributed by atoms with E-state index in [-0.39, 0.29) is 31.4 Å². The van der Waals surface area contributed by atoms with Gasteiger partial charge in [0.25, 0.3) is 0 Å². The third-order valence-corrected chi connectivity index (χ3v) is 3.50. The van der Waals surface area contributed by atoms with Crippen LogP contribution in [0.4, 0.5) is 8.78 Å². The van der Waals surface area contributed by atoms with Crippen LogP contribution in [-0.4, -0.2) is 23.3 Å². The maximum absolute atomic E-state index is 13.5. The molecule has 0 atom stereocenters. The van der Waals surface area contributed by atoms with Crippen LogP contribution in [-0.2, 0) is 22.7 Å². The average Bonchev–Trinajstić information content (AvgIpc) is 2.55. The van der Waals surface area contributed by atoms with Crippen molar-refractivity contribution in [1.82, 2.24) is 10.2 Å². The van der Waals surface area contributed by atoms with Crippen molar-refractivity contribution in [1.29, 1.82) is 0 Å². The highest BCUT2D eigenvalue weighted by Crippen LogP contribution is 2.08. The predicted molar refractivity (Wildman–Crippen MR) is 85.7 cm³/mol. The topological polar surface area (TPSA) is 49.4 Å². The van der Waals surface area contributed by atoms with Crippen molar-refractivity contribution in [3.8, 4) is 0 Å². The summed E-state index contributed by atoms with van der Waals surface area (Å²) in [6, 6.07) is 11.9.